The molecule has 8 nitrogen and oxygen atoms in total. The lowest BCUT2D eigenvalue weighted by atomic mass is 10.3. The first kappa shape index (κ1) is 14.9. The van der Waals surface area contributed by atoms with Crippen molar-refractivity contribution in [2.45, 2.75) is 6.54 Å². The van der Waals surface area contributed by atoms with Gasteiger partial charge in [-0.05, 0) is 34.8 Å². The summed E-state index contributed by atoms with van der Waals surface area (Å²) >= 11 is 1.50. The Morgan fingerprint density at radius 3 is 2.76 bits per heavy atom. The van der Waals surface area contributed by atoms with Crippen molar-refractivity contribution in [3.63, 3.8) is 0 Å². The van der Waals surface area contributed by atoms with E-state index in [4.69, 9.17) is 5.53 Å². The van der Waals surface area contributed by atoms with Gasteiger partial charge >= 0.3 is 0 Å². The van der Waals surface area contributed by atoms with Gasteiger partial charge in [0.2, 0.25) is 5.62 Å². The Bertz CT molecular complexity index is 708. The fourth-order valence-electron chi connectivity index (χ4n) is 1.63. The van der Waals surface area contributed by atoms with Crippen LogP contribution in [0.1, 0.15) is 0 Å². The van der Waals surface area contributed by atoms with Gasteiger partial charge in [-0.2, -0.15) is 0 Å². The maximum atomic E-state index is 8.32. The van der Waals surface area contributed by atoms with E-state index in [9.17, 15) is 0 Å². The van der Waals surface area contributed by atoms with Crippen LogP contribution >= 0.6 is 11.9 Å². The molecule has 2 aromatic rings. The zero-order chi connectivity index (χ0) is 14.9. The number of aromatic nitrogens is 2. The monoisotopic (exact) mass is 302 g/mol. The number of nitrogens with zero attached hydrogens (tertiary/aromatic N) is 8. The summed E-state index contributed by atoms with van der Waals surface area (Å²) in [7, 11) is 0. The van der Waals surface area contributed by atoms with Crippen molar-refractivity contribution in [3.8, 4) is 0 Å². The van der Waals surface area contributed by atoms with Crippen LogP contribution < -0.4 is 5.62 Å². The van der Waals surface area contributed by atoms with Crippen LogP contribution in [0.5, 0.6) is 0 Å². The molecule has 0 aliphatic carbocycles. The molecular formula is C12H14N8S. The number of azide groups is 1. The predicted octanol–water partition coefficient (Wildman–Crippen LogP) is 3.33. The minimum absolute atomic E-state index is 0.359. The highest BCUT2D eigenvalue weighted by atomic mass is 32.2. The molecule has 0 bridgehead atoms. The molecular weight excluding hydrogens is 288 g/mol. The number of benzene rings is 1. The lowest BCUT2D eigenvalue weighted by molar-refractivity contribution is 0.654. The molecule has 0 saturated heterocycles. The summed E-state index contributed by atoms with van der Waals surface area (Å²) in [5.74, 6) is 0. The topological polar surface area (TPSA) is 95.7 Å². The zero-order valence-corrected chi connectivity index (χ0v) is 12.3. The van der Waals surface area contributed by atoms with Gasteiger partial charge in [-0.3, -0.25) is 3.97 Å². The fraction of sp³-hybridized carbons (Fsp3) is 0.250. The molecule has 0 aliphatic rings. The Hall–Kier alpha value is -2.51. The lowest BCUT2D eigenvalue weighted by Gasteiger charge is -1.99. The Kier molecular flexibility index (Phi) is 5.62. The summed E-state index contributed by atoms with van der Waals surface area (Å²) < 4.78 is 3.72. The molecule has 0 amide bonds. The summed E-state index contributed by atoms with van der Waals surface area (Å²) in [6.45, 7) is 0.898. The molecule has 0 fully saturated rings. The molecule has 0 aliphatic heterocycles. The normalized spacial score (nSPS) is 11.8. The second kappa shape index (κ2) is 7.93. The van der Waals surface area contributed by atoms with E-state index in [1.165, 1.54) is 11.9 Å². The predicted molar refractivity (Wildman–Crippen MR) is 81.9 cm³/mol. The number of imidazole rings is 1. The third kappa shape index (κ3) is 4.23. The van der Waals surface area contributed by atoms with Crippen molar-refractivity contribution in [1.29, 1.82) is 0 Å². The summed E-state index contributed by atoms with van der Waals surface area (Å²) in [6.07, 6.45) is 5.67. The van der Waals surface area contributed by atoms with Crippen molar-refractivity contribution < 1.29 is 0 Å². The lowest BCUT2D eigenvalue weighted by Crippen LogP contribution is -2.23. The molecule has 9 heteroatoms. The fourth-order valence-corrected chi connectivity index (χ4v) is 2.11. The maximum absolute atomic E-state index is 8.32. The number of hydrogen-bond acceptors (Lipinski definition) is 4. The van der Waals surface area contributed by atoms with Gasteiger partial charge in [-0.15, -0.1) is 5.11 Å². The average Bonchev–Trinajstić information content (AvgIpc) is 2.91. The Balaban J connectivity index is 2.23. The van der Waals surface area contributed by atoms with Gasteiger partial charge in [0.1, 0.15) is 0 Å². The van der Waals surface area contributed by atoms with E-state index in [0.717, 1.165) is 5.69 Å². The average molecular weight is 302 g/mol. The molecule has 0 spiro atoms. The molecule has 1 aromatic heterocycles. The smallest absolute Gasteiger partial charge is 0.241 e. The maximum Gasteiger partial charge on any atom is 0.241 e. The molecule has 1 aromatic carbocycles. The van der Waals surface area contributed by atoms with E-state index in [-0.39, 0.29) is 0 Å². The van der Waals surface area contributed by atoms with E-state index in [2.05, 4.69) is 25.5 Å². The first-order valence-electron chi connectivity index (χ1n) is 6.18. The van der Waals surface area contributed by atoms with Crippen molar-refractivity contribution in [3.05, 3.63) is 58.8 Å². The third-order valence-electron chi connectivity index (χ3n) is 2.59. The van der Waals surface area contributed by atoms with Crippen LogP contribution in [0.2, 0.25) is 0 Å². The second-order valence-corrected chi connectivity index (χ2v) is 4.64. The largest absolute Gasteiger partial charge is 0.315 e. The standard InChI is InChI=1S/C12H14N8S/c1-21-20-10-9-19(8-7-14-17-13)12(20)16-18-15-11-5-3-2-4-6-11/h2-6,9-10H,7-8H2,1H3/b16-12-,18-15+. The van der Waals surface area contributed by atoms with Crippen LogP contribution in [-0.2, 0) is 6.54 Å². The van der Waals surface area contributed by atoms with E-state index >= 15 is 0 Å². The second-order valence-electron chi connectivity index (χ2n) is 3.88. The van der Waals surface area contributed by atoms with E-state index in [0.29, 0.717) is 18.7 Å². The SMILES string of the molecule is CSn1ccn(CCN=[N+]=[N-])/c1=N/N=N/c1ccccc1. The van der Waals surface area contributed by atoms with Crippen LogP contribution in [0.4, 0.5) is 5.69 Å². The highest BCUT2D eigenvalue weighted by molar-refractivity contribution is 7.97. The van der Waals surface area contributed by atoms with Gasteiger partial charge in [-0.25, -0.2) is 0 Å². The van der Waals surface area contributed by atoms with Crippen LogP contribution in [-0.4, -0.2) is 21.3 Å². The van der Waals surface area contributed by atoms with Gasteiger partial charge < -0.3 is 4.57 Å². The molecule has 2 rings (SSSR count). The highest BCUT2D eigenvalue weighted by Gasteiger charge is 2.00. The molecule has 0 saturated carbocycles. The minimum Gasteiger partial charge on any atom is -0.315 e. The first-order valence-corrected chi connectivity index (χ1v) is 7.36. The van der Waals surface area contributed by atoms with Crippen molar-refractivity contribution in [1.82, 2.24) is 8.54 Å². The minimum atomic E-state index is 0.359. The summed E-state index contributed by atoms with van der Waals surface area (Å²) in [5.41, 5.74) is 9.69. The Morgan fingerprint density at radius 2 is 2.05 bits per heavy atom. The first-order chi connectivity index (χ1) is 10.3. The quantitative estimate of drug-likeness (QED) is 0.348. The van der Waals surface area contributed by atoms with Gasteiger partial charge in [0.05, 0.1) is 5.69 Å². The molecule has 1 heterocycles. The molecule has 0 unspecified atom stereocenters. The van der Waals surface area contributed by atoms with Crippen molar-refractivity contribution >= 4 is 17.6 Å². The van der Waals surface area contributed by atoms with Gasteiger partial charge in [0.15, 0.2) is 0 Å². The van der Waals surface area contributed by atoms with Gasteiger partial charge in [0.25, 0.3) is 0 Å². The van der Waals surface area contributed by atoms with Crippen LogP contribution in [0.3, 0.4) is 0 Å². The molecule has 0 atom stereocenters. The van der Waals surface area contributed by atoms with Crippen LogP contribution in [0.15, 0.2) is 63.3 Å². The Morgan fingerprint density at radius 1 is 1.24 bits per heavy atom. The highest BCUT2D eigenvalue weighted by Crippen LogP contribution is 2.09. The van der Waals surface area contributed by atoms with Crippen LogP contribution in [0, 0.1) is 0 Å². The summed E-state index contributed by atoms with van der Waals surface area (Å²) in [4.78, 5) is 2.74. The molecule has 108 valence electrons. The Labute approximate surface area is 125 Å². The van der Waals surface area contributed by atoms with E-state index in [1.807, 2.05) is 57.5 Å². The number of hydrogen-bond donors (Lipinski definition) is 0. The molecule has 0 radical (unpaired) electrons. The van der Waals surface area contributed by atoms with Crippen LogP contribution in [0.25, 0.3) is 10.4 Å². The molecule has 21 heavy (non-hydrogen) atoms. The van der Waals surface area contributed by atoms with E-state index < -0.39 is 0 Å². The number of rotatable bonds is 6. The van der Waals surface area contributed by atoms with Crippen molar-refractivity contribution in [2.75, 3.05) is 12.8 Å². The summed E-state index contributed by atoms with van der Waals surface area (Å²) in [6, 6.07) is 9.39. The summed E-state index contributed by atoms with van der Waals surface area (Å²) in [5, 5.41) is 15.6. The van der Waals surface area contributed by atoms with E-state index in [1.54, 1.807) is 0 Å². The zero-order valence-electron chi connectivity index (χ0n) is 11.4. The molecule has 0 N–H and O–H groups in total. The van der Waals surface area contributed by atoms with Gasteiger partial charge in [-0.1, -0.05) is 28.4 Å². The van der Waals surface area contributed by atoms with Crippen molar-refractivity contribution in [2.24, 2.45) is 20.6 Å². The van der Waals surface area contributed by atoms with Gasteiger partial charge in [0, 0.05) is 36.7 Å². The third-order valence-corrected chi connectivity index (χ3v) is 3.27.